The van der Waals surface area contributed by atoms with E-state index >= 15 is 0 Å². The fraction of sp³-hybridized carbons (Fsp3) is 0.176. The Morgan fingerprint density at radius 2 is 1.84 bits per heavy atom. The van der Waals surface area contributed by atoms with E-state index < -0.39 is 10.8 Å². The molecule has 0 aliphatic carbocycles. The first-order chi connectivity index (χ1) is 11.8. The van der Waals surface area contributed by atoms with E-state index in [-0.39, 0.29) is 29.2 Å². The van der Waals surface area contributed by atoms with Crippen LogP contribution in [0.5, 0.6) is 0 Å². The molecule has 25 heavy (non-hydrogen) atoms. The standard InChI is InChI=1S/C17H19N5O3/c1-21(2)12-5-3-11(4-6-12)9-16(23)20-17(19)14-10-13(22(24)25)7-8-15(14)18/h3-8,10H,9,18H2,1-2H3,(H2,19,20,23). The van der Waals surface area contributed by atoms with Gasteiger partial charge in [-0.1, -0.05) is 12.1 Å². The van der Waals surface area contributed by atoms with Crippen molar-refractivity contribution < 1.29 is 9.72 Å². The second-order valence-corrected chi connectivity index (χ2v) is 5.66. The Bertz CT molecular complexity index is 829. The summed E-state index contributed by atoms with van der Waals surface area (Å²) in [4.78, 5) is 28.1. The zero-order chi connectivity index (χ0) is 18.6. The summed E-state index contributed by atoms with van der Waals surface area (Å²) >= 11 is 0. The van der Waals surface area contributed by atoms with Crippen LogP contribution in [-0.4, -0.2) is 30.8 Å². The minimum atomic E-state index is -0.565. The van der Waals surface area contributed by atoms with Gasteiger partial charge in [-0.25, -0.2) is 0 Å². The Kier molecular flexibility index (Phi) is 5.33. The van der Waals surface area contributed by atoms with Gasteiger partial charge in [0.25, 0.3) is 11.6 Å². The molecular weight excluding hydrogens is 322 g/mol. The molecule has 0 fully saturated rings. The van der Waals surface area contributed by atoms with E-state index in [2.05, 4.69) is 4.99 Å². The predicted molar refractivity (Wildman–Crippen MR) is 97.7 cm³/mol. The molecule has 2 aromatic carbocycles. The molecule has 0 bridgehead atoms. The molecule has 130 valence electrons. The molecule has 0 heterocycles. The maximum Gasteiger partial charge on any atom is 0.270 e. The highest BCUT2D eigenvalue weighted by Crippen LogP contribution is 2.19. The fourth-order valence-electron chi connectivity index (χ4n) is 2.20. The van der Waals surface area contributed by atoms with Crippen LogP contribution in [0, 0.1) is 10.1 Å². The summed E-state index contributed by atoms with van der Waals surface area (Å²) in [6, 6.07) is 11.3. The van der Waals surface area contributed by atoms with Crippen LogP contribution in [0.15, 0.2) is 47.5 Å². The van der Waals surface area contributed by atoms with Crippen LogP contribution in [0.4, 0.5) is 17.1 Å². The molecule has 1 amide bonds. The molecule has 0 unspecified atom stereocenters. The third-order valence-corrected chi connectivity index (χ3v) is 3.58. The lowest BCUT2D eigenvalue weighted by Crippen LogP contribution is -2.18. The Morgan fingerprint density at radius 3 is 2.40 bits per heavy atom. The summed E-state index contributed by atoms with van der Waals surface area (Å²) in [5, 5.41) is 10.8. The molecule has 4 N–H and O–H groups in total. The van der Waals surface area contributed by atoms with E-state index in [0.717, 1.165) is 11.3 Å². The topological polar surface area (TPSA) is 128 Å². The van der Waals surface area contributed by atoms with Gasteiger partial charge in [-0.05, 0) is 23.8 Å². The minimum Gasteiger partial charge on any atom is -0.398 e. The number of amidine groups is 1. The monoisotopic (exact) mass is 341 g/mol. The summed E-state index contributed by atoms with van der Waals surface area (Å²) in [6.07, 6.45) is 0.0727. The van der Waals surface area contributed by atoms with E-state index in [1.54, 1.807) is 0 Å². The number of nitro groups is 1. The van der Waals surface area contributed by atoms with Crippen LogP contribution in [-0.2, 0) is 11.2 Å². The van der Waals surface area contributed by atoms with Crippen molar-refractivity contribution in [2.45, 2.75) is 6.42 Å². The van der Waals surface area contributed by atoms with Crippen molar-refractivity contribution in [3.05, 3.63) is 63.7 Å². The number of hydrogen-bond donors (Lipinski definition) is 2. The smallest absolute Gasteiger partial charge is 0.270 e. The van der Waals surface area contributed by atoms with E-state index in [1.165, 1.54) is 18.2 Å². The lowest BCUT2D eigenvalue weighted by atomic mass is 10.1. The maximum atomic E-state index is 12.1. The summed E-state index contributed by atoms with van der Waals surface area (Å²) in [7, 11) is 3.85. The minimum absolute atomic E-state index is 0.0727. The van der Waals surface area contributed by atoms with Gasteiger partial charge in [0, 0.05) is 43.2 Å². The number of nitrogens with two attached hydrogens (primary N) is 2. The number of rotatable bonds is 5. The van der Waals surface area contributed by atoms with Crippen LogP contribution in [0.3, 0.4) is 0 Å². The summed E-state index contributed by atoms with van der Waals surface area (Å²) < 4.78 is 0. The molecule has 0 radical (unpaired) electrons. The zero-order valence-corrected chi connectivity index (χ0v) is 14.0. The molecule has 0 atom stereocenters. The van der Waals surface area contributed by atoms with Crippen molar-refractivity contribution in [2.24, 2.45) is 10.7 Å². The lowest BCUT2D eigenvalue weighted by Gasteiger charge is -2.12. The number of carbonyl (C=O) groups is 1. The van der Waals surface area contributed by atoms with E-state index in [9.17, 15) is 14.9 Å². The van der Waals surface area contributed by atoms with Gasteiger partial charge in [0.2, 0.25) is 0 Å². The van der Waals surface area contributed by atoms with E-state index in [1.807, 2.05) is 43.3 Å². The quantitative estimate of drug-likeness (QED) is 0.280. The Hall–Kier alpha value is -3.42. The number of anilines is 2. The second-order valence-electron chi connectivity index (χ2n) is 5.66. The first-order valence-corrected chi connectivity index (χ1v) is 7.45. The fourth-order valence-corrected chi connectivity index (χ4v) is 2.20. The van der Waals surface area contributed by atoms with E-state index in [0.29, 0.717) is 0 Å². The molecule has 0 saturated heterocycles. The Balaban J connectivity index is 2.17. The molecular formula is C17H19N5O3. The number of benzene rings is 2. The van der Waals surface area contributed by atoms with Crippen molar-refractivity contribution >= 4 is 28.8 Å². The maximum absolute atomic E-state index is 12.1. The predicted octanol–water partition coefficient (Wildman–Crippen LogP) is 1.72. The van der Waals surface area contributed by atoms with Gasteiger partial charge in [0.15, 0.2) is 0 Å². The van der Waals surface area contributed by atoms with Crippen LogP contribution in [0.25, 0.3) is 0 Å². The van der Waals surface area contributed by atoms with Crippen molar-refractivity contribution in [1.82, 2.24) is 0 Å². The number of nitrogens with zero attached hydrogens (tertiary/aromatic N) is 3. The van der Waals surface area contributed by atoms with Crippen molar-refractivity contribution in [3.8, 4) is 0 Å². The zero-order valence-electron chi connectivity index (χ0n) is 14.0. The lowest BCUT2D eigenvalue weighted by molar-refractivity contribution is -0.384. The summed E-state index contributed by atoms with van der Waals surface area (Å²) in [6.45, 7) is 0. The van der Waals surface area contributed by atoms with Crippen molar-refractivity contribution in [1.29, 1.82) is 0 Å². The SMILES string of the molecule is CN(C)c1ccc(CC(=O)N=C(N)c2cc([N+](=O)[O-])ccc2N)cc1. The highest BCUT2D eigenvalue weighted by molar-refractivity contribution is 6.07. The number of aliphatic imine (C=N–C) groups is 1. The molecule has 0 saturated carbocycles. The molecule has 0 aromatic heterocycles. The number of nitro benzene ring substituents is 1. The molecule has 0 aliphatic heterocycles. The molecule has 2 aromatic rings. The molecule has 8 heteroatoms. The second kappa shape index (κ2) is 7.43. The molecule has 8 nitrogen and oxygen atoms in total. The van der Waals surface area contributed by atoms with Crippen LogP contribution in [0.1, 0.15) is 11.1 Å². The van der Waals surface area contributed by atoms with Crippen LogP contribution in [0.2, 0.25) is 0 Å². The first-order valence-electron chi connectivity index (χ1n) is 7.45. The number of amides is 1. The largest absolute Gasteiger partial charge is 0.398 e. The summed E-state index contributed by atoms with van der Waals surface area (Å²) in [5.41, 5.74) is 13.6. The normalized spacial score (nSPS) is 11.2. The van der Waals surface area contributed by atoms with Gasteiger partial charge in [0.05, 0.1) is 11.3 Å². The first kappa shape index (κ1) is 17.9. The number of nitrogen functional groups attached to an aromatic ring is 1. The van der Waals surface area contributed by atoms with E-state index in [4.69, 9.17) is 11.5 Å². The average Bonchev–Trinajstić information content (AvgIpc) is 2.55. The van der Waals surface area contributed by atoms with Gasteiger partial charge in [0.1, 0.15) is 5.84 Å². The highest BCUT2D eigenvalue weighted by atomic mass is 16.6. The number of carbonyl (C=O) groups excluding carboxylic acids is 1. The van der Waals surface area contributed by atoms with Gasteiger partial charge < -0.3 is 16.4 Å². The van der Waals surface area contributed by atoms with Crippen molar-refractivity contribution in [3.63, 3.8) is 0 Å². The molecule has 0 aliphatic rings. The number of non-ortho nitro benzene ring substituents is 1. The van der Waals surface area contributed by atoms with Crippen molar-refractivity contribution in [2.75, 3.05) is 24.7 Å². The van der Waals surface area contributed by atoms with Gasteiger partial charge in [-0.2, -0.15) is 4.99 Å². The third-order valence-electron chi connectivity index (χ3n) is 3.58. The average molecular weight is 341 g/mol. The summed E-state index contributed by atoms with van der Waals surface area (Å²) in [5.74, 6) is -0.600. The van der Waals surface area contributed by atoms with Crippen LogP contribution >= 0.6 is 0 Å². The van der Waals surface area contributed by atoms with Crippen LogP contribution < -0.4 is 16.4 Å². The highest BCUT2D eigenvalue weighted by Gasteiger charge is 2.13. The number of hydrogen-bond acceptors (Lipinski definition) is 5. The third kappa shape index (κ3) is 4.54. The molecule has 0 spiro atoms. The molecule has 2 rings (SSSR count). The van der Waals surface area contributed by atoms with Gasteiger partial charge >= 0.3 is 0 Å². The Labute approximate surface area is 144 Å². The van der Waals surface area contributed by atoms with Gasteiger partial charge in [-0.3, -0.25) is 14.9 Å². The Morgan fingerprint density at radius 1 is 1.20 bits per heavy atom. The van der Waals surface area contributed by atoms with Gasteiger partial charge in [-0.15, -0.1) is 0 Å².